The van der Waals surface area contributed by atoms with Gasteiger partial charge >= 0.3 is 12.3 Å². The number of nitrogen functional groups attached to an aromatic ring is 1. The van der Waals surface area contributed by atoms with Crippen LogP contribution in [0.25, 0.3) is 0 Å². The number of hydrogen-bond donors (Lipinski definition) is 1. The summed E-state index contributed by atoms with van der Waals surface area (Å²) >= 11 is 0. The minimum absolute atomic E-state index is 0.0325. The second kappa shape index (κ2) is 4.54. The second-order valence-electron chi connectivity index (χ2n) is 3.26. The summed E-state index contributed by atoms with van der Waals surface area (Å²) < 4.78 is 53.0. The van der Waals surface area contributed by atoms with Crippen molar-refractivity contribution in [3.05, 3.63) is 17.8 Å². The smallest absolute Gasteiger partial charge is 0.340 e. The van der Waals surface area contributed by atoms with Crippen LogP contribution in [0.5, 0.6) is 5.88 Å². The van der Waals surface area contributed by atoms with Crippen molar-refractivity contribution in [1.29, 1.82) is 0 Å². The lowest BCUT2D eigenvalue weighted by Gasteiger charge is -2.16. The Balaban J connectivity index is 2.68. The maximum absolute atomic E-state index is 12.5. The van der Waals surface area contributed by atoms with E-state index in [0.29, 0.717) is 5.56 Å². The molecule has 0 saturated carbocycles. The standard InChI is InChI=1S/C9H10F4N2O/c1-5-2-6(14)7(15-3-5)16-4-9(12,13)8(10)11/h2-3,8H,4,14H2,1H3. The first-order valence-electron chi connectivity index (χ1n) is 4.34. The highest BCUT2D eigenvalue weighted by Crippen LogP contribution is 2.25. The van der Waals surface area contributed by atoms with Crippen molar-refractivity contribution in [3.8, 4) is 5.88 Å². The molecule has 1 aromatic heterocycles. The number of aryl methyl sites for hydroxylation is 1. The number of hydrogen-bond acceptors (Lipinski definition) is 3. The Morgan fingerprint density at radius 1 is 1.50 bits per heavy atom. The van der Waals surface area contributed by atoms with Crippen LogP contribution < -0.4 is 10.5 Å². The number of nitrogens with two attached hydrogens (primary N) is 1. The Morgan fingerprint density at radius 3 is 2.62 bits per heavy atom. The van der Waals surface area contributed by atoms with E-state index in [-0.39, 0.29) is 11.6 Å². The number of nitrogens with zero attached hydrogens (tertiary/aromatic N) is 1. The largest absolute Gasteiger partial charge is 0.470 e. The summed E-state index contributed by atoms with van der Waals surface area (Å²) in [6.45, 7) is 0.242. The summed E-state index contributed by atoms with van der Waals surface area (Å²) in [4.78, 5) is 3.61. The van der Waals surface area contributed by atoms with E-state index < -0.39 is 19.0 Å². The van der Waals surface area contributed by atoms with E-state index in [1.807, 2.05) is 0 Å². The highest BCUT2D eigenvalue weighted by molar-refractivity contribution is 5.49. The number of ether oxygens (including phenoxy) is 1. The molecule has 1 heterocycles. The lowest BCUT2D eigenvalue weighted by Crippen LogP contribution is -2.34. The molecule has 0 aliphatic rings. The molecule has 0 spiro atoms. The molecule has 7 heteroatoms. The van der Waals surface area contributed by atoms with Crippen LogP contribution >= 0.6 is 0 Å². The fourth-order valence-corrected chi connectivity index (χ4v) is 0.927. The van der Waals surface area contributed by atoms with Crippen LogP contribution in [0.3, 0.4) is 0 Å². The molecule has 0 bridgehead atoms. The topological polar surface area (TPSA) is 48.1 Å². The number of pyridine rings is 1. The molecule has 0 aliphatic heterocycles. The molecule has 3 nitrogen and oxygen atoms in total. The molecule has 0 radical (unpaired) electrons. The zero-order valence-electron chi connectivity index (χ0n) is 8.38. The van der Waals surface area contributed by atoms with E-state index in [2.05, 4.69) is 9.72 Å². The Labute approximate surface area is 89.2 Å². The van der Waals surface area contributed by atoms with Crippen LogP contribution in [-0.2, 0) is 0 Å². The lowest BCUT2D eigenvalue weighted by molar-refractivity contribution is -0.148. The van der Waals surface area contributed by atoms with Gasteiger partial charge in [-0.1, -0.05) is 0 Å². The molecule has 16 heavy (non-hydrogen) atoms. The summed E-state index contributed by atoms with van der Waals surface area (Å²) in [5, 5.41) is 0. The van der Waals surface area contributed by atoms with Gasteiger partial charge in [-0.3, -0.25) is 0 Å². The van der Waals surface area contributed by atoms with Crippen molar-refractivity contribution in [3.63, 3.8) is 0 Å². The predicted molar refractivity (Wildman–Crippen MR) is 49.8 cm³/mol. The SMILES string of the molecule is Cc1cnc(OCC(F)(F)C(F)F)c(N)c1. The summed E-state index contributed by atoms with van der Waals surface area (Å²) in [6, 6.07) is 1.45. The van der Waals surface area contributed by atoms with Gasteiger partial charge in [-0.2, -0.15) is 8.78 Å². The second-order valence-corrected chi connectivity index (χ2v) is 3.26. The number of anilines is 1. The minimum Gasteiger partial charge on any atom is -0.470 e. The van der Waals surface area contributed by atoms with E-state index >= 15 is 0 Å². The van der Waals surface area contributed by atoms with Crippen LogP contribution in [0.2, 0.25) is 0 Å². The van der Waals surface area contributed by atoms with Gasteiger partial charge < -0.3 is 10.5 Å². The van der Waals surface area contributed by atoms with E-state index in [1.54, 1.807) is 6.92 Å². The summed E-state index contributed by atoms with van der Waals surface area (Å²) in [5.41, 5.74) is 6.15. The van der Waals surface area contributed by atoms with Gasteiger partial charge in [-0.25, -0.2) is 13.8 Å². The van der Waals surface area contributed by atoms with Gasteiger partial charge in [0.2, 0.25) is 5.88 Å². The van der Waals surface area contributed by atoms with Crippen LogP contribution in [0.1, 0.15) is 5.56 Å². The minimum atomic E-state index is -4.21. The summed E-state index contributed by atoms with van der Waals surface area (Å²) in [6.07, 6.45) is -2.44. The van der Waals surface area contributed by atoms with Crippen molar-refractivity contribution in [2.24, 2.45) is 0 Å². The molecule has 0 amide bonds. The third kappa shape index (κ3) is 2.98. The van der Waals surface area contributed by atoms with Crippen molar-refractivity contribution in [2.45, 2.75) is 19.3 Å². The Hall–Kier alpha value is -1.53. The van der Waals surface area contributed by atoms with Crippen LogP contribution in [0.4, 0.5) is 23.2 Å². The highest BCUT2D eigenvalue weighted by Gasteiger charge is 2.41. The number of alkyl halides is 4. The molecule has 0 atom stereocenters. The van der Waals surface area contributed by atoms with Gasteiger partial charge in [0, 0.05) is 6.20 Å². The Kier molecular flexibility index (Phi) is 3.56. The molecule has 1 rings (SSSR count). The van der Waals surface area contributed by atoms with Crippen LogP contribution in [0, 0.1) is 6.92 Å². The van der Waals surface area contributed by atoms with Crippen LogP contribution in [-0.4, -0.2) is 23.9 Å². The zero-order chi connectivity index (χ0) is 12.3. The fraction of sp³-hybridized carbons (Fsp3) is 0.444. The van der Waals surface area contributed by atoms with Crippen molar-refractivity contribution < 1.29 is 22.3 Å². The molecular formula is C9H10F4N2O. The first-order valence-corrected chi connectivity index (χ1v) is 4.34. The monoisotopic (exact) mass is 238 g/mol. The van der Waals surface area contributed by atoms with E-state index in [0.717, 1.165) is 0 Å². The predicted octanol–water partition coefficient (Wildman–Crippen LogP) is 2.25. The molecule has 90 valence electrons. The average molecular weight is 238 g/mol. The molecule has 1 aromatic rings. The first kappa shape index (κ1) is 12.5. The molecule has 0 aromatic carbocycles. The van der Waals surface area contributed by atoms with Crippen molar-refractivity contribution in [2.75, 3.05) is 12.3 Å². The number of halogens is 4. The zero-order valence-corrected chi connectivity index (χ0v) is 8.38. The van der Waals surface area contributed by atoms with Crippen molar-refractivity contribution >= 4 is 5.69 Å². The molecule has 0 fully saturated rings. The molecular weight excluding hydrogens is 228 g/mol. The van der Waals surface area contributed by atoms with E-state index in [1.165, 1.54) is 12.3 Å². The van der Waals surface area contributed by atoms with E-state index in [9.17, 15) is 17.6 Å². The van der Waals surface area contributed by atoms with Crippen molar-refractivity contribution in [1.82, 2.24) is 4.98 Å². The molecule has 0 aliphatic carbocycles. The van der Waals surface area contributed by atoms with Gasteiger partial charge in [0.1, 0.15) is 0 Å². The third-order valence-corrected chi connectivity index (χ3v) is 1.74. The first-order chi connectivity index (χ1) is 7.33. The Bertz CT molecular complexity index is 371. The summed E-state index contributed by atoms with van der Waals surface area (Å²) in [5.74, 6) is -4.48. The van der Waals surface area contributed by atoms with Crippen LogP contribution in [0.15, 0.2) is 12.3 Å². The molecule has 2 N–H and O–H groups in total. The highest BCUT2D eigenvalue weighted by atomic mass is 19.3. The third-order valence-electron chi connectivity index (χ3n) is 1.74. The van der Waals surface area contributed by atoms with Gasteiger partial charge in [-0.05, 0) is 18.6 Å². The molecule has 0 unspecified atom stereocenters. The molecule has 0 saturated heterocycles. The fourth-order valence-electron chi connectivity index (χ4n) is 0.927. The van der Waals surface area contributed by atoms with Gasteiger partial charge in [-0.15, -0.1) is 0 Å². The lowest BCUT2D eigenvalue weighted by atomic mass is 10.3. The maximum Gasteiger partial charge on any atom is 0.340 e. The average Bonchev–Trinajstić information content (AvgIpc) is 2.16. The summed E-state index contributed by atoms with van der Waals surface area (Å²) in [7, 11) is 0. The number of aromatic nitrogens is 1. The van der Waals surface area contributed by atoms with Gasteiger partial charge in [0.25, 0.3) is 0 Å². The number of rotatable bonds is 4. The van der Waals surface area contributed by atoms with Gasteiger partial charge in [0.15, 0.2) is 6.61 Å². The normalized spacial score (nSPS) is 11.9. The Morgan fingerprint density at radius 2 is 2.12 bits per heavy atom. The van der Waals surface area contributed by atoms with E-state index in [4.69, 9.17) is 5.73 Å². The van der Waals surface area contributed by atoms with Gasteiger partial charge in [0.05, 0.1) is 5.69 Å². The quantitative estimate of drug-likeness (QED) is 0.818. The maximum atomic E-state index is 12.5.